The normalized spacial score (nSPS) is 26.2. The number of benzene rings is 2. The molecule has 4 atom stereocenters. The zero-order valence-electron chi connectivity index (χ0n) is 15.1. The summed E-state index contributed by atoms with van der Waals surface area (Å²) in [6.07, 6.45) is -2.30. The van der Waals surface area contributed by atoms with E-state index in [0.29, 0.717) is 10.0 Å². The lowest BCUT2D eigenvalue weighted by Crippen LogP contribution is -2.44. The summed E-state index contributed by atoms with van der Waals surface area (Å²) in [7, 11) is 0. The van der Waals surface area contributed by atoms with Crippen LogP contribution in [-0.4, -0.2) is 41.4 Å². The summed E-state index contributed by atoms with van der Waals surface area (Å²) in [6.45, 7) is 0.939. The molecule has 9 heteroatoms. The minimum absolute atomic E-state index is 0.208. The highest BCUT2D eigenvalue weighted by Gasteiger charge is 2.56. The van der Waals surface area contributed by atoms with Gasteiger partial charge in [-0.3, -0.25) is 0 Å². The maximum atomic E-state index is 15.1. The molecular weight excluding hydrogens is 490 g/mol. The molecule has 0 aromatic heterocycles. The predicted molar refractivity (Wildman–Crippen MR) is 109 cm³/mol. The van der Waals surface area contributed by atoms with Crippen molar-refractivity contribution in [3.8, 4) is 0 Å². The van der Waals surface area contributed by atoms with E-state index in [4.69, 9.17) is 37.4 Å². The summed E-state index contributed by atoms with van der Waals surface area (Å²) in [5.41, 5.74) is -1.56. The first kappa shape index (κ1) is 22.0. The van der Waals surface area contributed by atoms with Gasteiger partial charge in [-0.2, -0.15) is 0 Å². The number of hydrogen-bond acceptors (Lipinski definition) is 5. The number of ether oxygens (including phenoxy) is 3. The van der Waals surface area contributed by atoms with E-state index < -0.39 is 34.8 Å². The number of hydrogen-bond donors (Lipinski definition) is 0. The lowest BCUT2D eigenvalue weighted by Gasteiger charge is -2.25. The van der Waals surface area contributed by atoms with E-state index in [9.17, 15) is 9.59 Å². The van der Waals surface area contributed by atoms with Gasteiger partial charge in [-0.05, 0) is 55.5 Å². The first-order chi connectivity index (χ1) is 13.7. The molecule has 0 N–H and O–H groups in total. The zero-order chi connectivity index (χ0) is 21.2. The van der Waals surface area contributed by atoms with Crippen LogP contribution < -0.4 is 0 Å². The topological polar surface area (TPSA) is 61.8 Å². The van der Waals surface area contributed by atoms with E-state index in [1.165, 1.54) is 43.3 Å². The fourth-order valence-corrected chi connectivity index (χ4v) is 3.55. The maximum absolute atomic E-state index is 15.1. The van der Waals surface area contributed by atoms with Gasteiger partial charge in [0.05, 0.1) is 11.1 Å². The Balaban J connectivity index is 1.69. The lowest BCUT2D eigenvalue weighted by atomic mass is 10.0. The van der Waals surface area contributed by atoms with Crippen LogP contribution in [-0.2, 0) is 14.2 Å². The third kappa shape index (κ3) is 5.09. The fraction of sp³-hybridized carbons (Fsp3) is 0.300. The molecule has 2 aromatic carbocycles. The second kappa shape index (κ2) is 9.00. The molecule has 1 fully saturated rings. The smallest absolute Gasteiger partial charge is 0.338 e. The van der Waals surface area contributed by atoms with Gasteiger partial charge >= 0.3 is 11.9 Å². The molecule has 0 saturated carbocycles. The fourth-order valence-electron chi connectivity index (χ4n) is 2.76. The monoisotopic (exact) mass is 504 g/mol. The Kier molecular flexibility index (Phi) is 6.83. The second-order valence-corrected chi connectivity index (χ2v) is 8.28. The minimum atomic E-state index is -2.04. The molecule has 0 unspecified atom stereocenters. The second-order valence-electron chi connectivity index (χ2n) is 6.58. The van der Waals surface area contributed by atoms with E-state index in [1.807, 2.05) is 0 Å². The Hall–Kier alpha value is -1.67. The molecule has 1 aliphatic heterocycles. The van der Waals surface area contributed by atoms with Crippen molar-refractivity contribution < 1.29 is 28.2 Å². The SMILES string of the molecule is C[C@]1(F)[C@@H](Br)O[C@H](COC(=O)c2ccc(Cl)cc2)[C@@H]1OC(=O)c1ccc(Cl)cc1. The summed E-state index contributed by atoms with van der Waals surface area (Å²) in [4.78, 5) is 24.6. The quantitative estimate of drug-likeness (QED) is 0.411. The average Bonchev–Trinajstić information content (AvgIpc) is 2.90. The van der Waals surface area contributed by atoms with E-state index >= 15 is 4.39 Å². The Morgan fingerprint density at radius 3 is 2.03 bits per heavy atom. The largest absolute Gasteiger partial charge is 0.459 e. The van der Waals surface area contributed by atoms with Crippen LogP contribution in [0.25, 0.3) is 0 Å². The third-order valence-electron chi connectivity index (χ3n) is 4.40. The zero-order valence-corrected chi connectivity index (χ0v) is 18.2. The summed E-state index contributed by atoms with van der Waals surface area (Å²) < 4.78 is 31.2. The molecule has 1 saturated heterocycles. The number of alkyl halides is 2. The molecule has 1 heterocycles. The van der Waals surface area contributed by atoms with Gasteiger partial charge in [0.25, 0.3) is 0 Å². The molecule has 1 aliphatic rings. The lowest BCUT2D eigenvalue weighted by molar-refractivity contribution is -0.0422. The highest BCUT2D eigenvalue weighted by atomic mass is 79.9. The number of esters is 2. The Bertz CT molecular complexity index is 889. The van der Waals surface area contributed by atoms with Gasteiger partial charge in [0, 0.05) is 10.0 Å². The highest BCUT2D eigenvalue weighted by molar-refractivity contribution is 9.09. The molecule has 3 rings (SSSR count). The van der Waals surface area contributed by atoms with Crippen LogP contribution in [0.5, 0.6) is 0 Å². The van der Waals surface area contributed by atoms with Crippen LogP contribution in [0.1, 0.15) is 27.6 Å². The standard InChI is InChI=1S/C20H16BrCl2FO5/c1-20(24)16(29-18(26)12-4-8-14(23)9-5-12)15(28-19(20)21)10-27-17(25)11-2-6-13(22)7-3-11/h2-9,15-16,19H,10H2,1H3/t15-,16+,19+,20-/m1/s1. The molecule has 0 spiro atoms. The minimum Gasteiger partial charge on any atom is -0.459 e. The van der Waals surface area contributed by atoms with E-state index in [-0.39, 0.29) is 17.7 Å². The maximum Gasteiger partial charge on any atom is 0.338 e. The number of carbonyl (C=O) groups is 2. The van der Waals surface area contributed by atoms with Crippen LogP contribution in [0.3, 0.4) is 0 Å². The van der Waals surface area contributed by atoms with Crippen molar-refractivity contribution in [2.45, 2.75) is 29.8 Å². The van der Waals surface area contributed by atoms with Crippen molar-refractivity contribution in [1.29, 1.82) is 0 Å². The molecule has 0 aliphatic carbocycles. The van der Waals surface area contributed by atoms with E-state index in [1.54, 1.807) is 12.1 Å². The molecule has 0 radical (unpaired) electrons. The van der Waals surface area contributed by atoms with Crippen LogP contribution in [0, 0.1) is 0 Å². The van der Waals surface area contributed by atoms with Crippen LogP contribution in [0.2, 0.25) is 10.0 Å². The highest BCUT2D eigenvalue weighted by Crippen LogP contribution is 2.40. The number of halogens is 4. The van der Waals surface area contributed by atoms with Crippen molar-refractivity contribution in [3.63, 3.8) is 0 Å². The number of carbonyl (C=O) groups excluding carboxylic acids is 2. The van der Waals surface area contributed by atoms with Gasteiger partial charge in [-0.25, -0.2) is 14.0 Å². The summed E-state index contributed by atoms with van der Waals surface area (Å²) in [5.74, 6) is -1.37. The van der Waals surface area contributed by atoms with Gasteiger partial charge in [0.1, 0.15) is 12.7 Å². The predicted octanol–water partition coefficient (Wildman–Crippen LogP) is 5.22. The van der Waals surface area contributed by atoms with Gasteiger partial charge < -0.3 is 14.2 Å². The van der Waals surface area contributed by atoms with Crippen molar-refractivity contribution >= 4 is 51.1 Å². The van der Waals surface area contributed by atoms with Crippen molar-refractivity contribution in [2.24, 2.45) is 0 Å². The van der Waals surface area contributed by atoms with Crippen LogP contribution >= 0.6 is 39.1 Å². The summed E-state index contributed by atoms with van der Waals surface area (Å²) >= 11 is 14.7. The van der Waals surface area contributed by atoms with Gasteiger partial charge in [0.15, 0.2) is 16.8 Å². The number of rotatable bonds is 5. The van der Waals surface area contributed by atoms with Crippen LogP contribution in [0.4, 0.5) is 4.39 Å². The van der Waals surface area contributed by atoms with Crippen LogP contribution in [0.15, 0.2) is 48.5 Å². The average molecular weight is 506 g/mol. The van der Waals surface area contributed by atoms with Gasteiger partial charge in [-0.15, -0.1) is 0 Å². The molecule has 0 bridgehead atoms. The van der Waals surface area contributed by atoms with Crippen molar-refractivity contribution in [1.82, 2.24) is 0 Å². The van der Waals surface area contributed by atoms with E-state index in [0.717, 1.165) is 0 Å². The Morgan fingerprint density at radius 2 is 1.52 bits per heavy atom. The third-order valence-corrected chi connectivity index (χ3v) is 6.02. The Morgan fingerprint density at radius 1 is 1.03 bits per heavy atom. The van der Waals surface area contributed by atoms with Crippen molar-refractivity contribution in [3.05, 3.63) is 69.7 Å². The first-order valence-corrected chi connectivity index (χ1v) is 10.2. The molecule has 0 amide bonds. The summed E-state index contributed by atoms with van der Waals surface area (Å²) in [5, 5.41) is -0.115. The molecule has 2 aromatic rings. The van der Waals surface area contributed by atoms with Gasteiger partial charge in [0.2, 0.25) is 0 Å². The molecule has 154 valence electrons. The van der Waals surface area contributed by atoms with E-state index in [2.05, 4.69) is 15.9 Å². The molecule has 29 heavy (non-hydrogen) atoms. The van der Waals surface area contributed by atoms with Crippen molar-refractivity contribution in [2.75, 3.05) is 6.61 Å². The molecule has 5 nitrogen and oxygen atoms in total. The Labute approximate surface area is 185 Å². The van der Waals surface area contributed by atoms with Gasteiger partial charge in [-0.1, -0.05) is 39.1 Å². The first-order valence-electron chi connectivity index (χ1n) is 8.56. The summed E-state index contributed by atoms with van der Waals surface area (Å²) in [6, 6.07) is 12.1. The molecular formula is C20H16BrCl2FO5.